The first-order chi connectivity index (χ1) is 14.0. The number of quaternary nitrogens is 1. The largest absolute Gasteiger partial charge is 0.462 e. The van der Waals surface area contributed by atoms with E-state index in [9.17, 15) is 14.4 Å². The van der Waals surface area contributed by atoms with Crippen LogP contribution in [0, 0.1) is 0 Å². The number of nitrogens with zero attached hydrogens (tertiary/aromatic N) is 1. The van der Waals surface area contributed by atoms with Crippen LogP contribution in [0.1, 0.15) is 24.2 Å². The highest BCUT2D eigenvalue weighted by Crippen LogP contribution is 2.35. The first-order valence-corrected chi connectivity index (χ1v) is 10.5. The molecule has 0 saturated carbocycles. The topological polar surface area (TPSA) is 80.2 Å². The Morgan fingerprint density at radius 2 is 1.86 bits per heavy atom. The number of ether oxygens (including phenoxy) is 1. The number of benzene rings is 1. The van der Waals surface area contributed by atoms with Crippen molar-refractivity contribution in [2.24, 2.45) is 0 Å². The number of rotatable bonds is 6. The van der Waals surface area contributed by atoms with Crippen molar-refractivity contribution in [2.45, 2.75) is 13.8 Å². The Labute approximate surface area is 174 Å². The highest BCUT2D eigenvalue weighted by molar-refractivity contribution is 7.20. The summed E-state index contributed by atoms with van der Waals surface area (Å²) in [6.07, 6.45) is 0. The average molecular weight is 417 g/mol. The molecule has 2 heterocycles. The number of anilines is 1. The van der Waals surface area contributed by atoms with Crippen molar-refractivity contribution in [3.63, 3.8) is 0 Å². The molecule has 8 heteroatoms. The molecule has 29 heavy (non-hydrogen) atoms. The first kappa shape index (κ1) is 21.0. The van der Waals surface area contributed by atoms with E-state index in [1.807, 2.05) is 30.3 Å². The van der Waals surface area contributed by atoms with Gasteiger partial charge in [-0.15, -0.1) is 11.3 Å². The van der Waals surface area contributed by atoms with Gasteiger partial charge in [-0.3, -0.25) is 9.59 Å². The van der Waals surface area contributed by atoms with Crippen LogP contribution in [0.3, 0.4) is 0 Å². The Hall–Kier alpha value is -2.71. The minimum absolute atomic E-state index is 0.0691. The van der Waals surface area contributed by atoms with Gasteiger partial charge in [0.2, 0.25) is 5.91 Å². The van der Waals surface area contributed by atoms with Crippen LogP contribution in [-0.4, -0.2) is 62.0 Å². The van der Waals surface area contributed by atoms with Gasteiger partial charge in [0.15, 0.2) is 6.54 Å². The molecule has 3 rings (SSSR count). The molecule has 2 aromatic rings. The maximum absolute atomic E-state index is 12.6. The minimum Gasteiger partial charge on any atom is -0.462 e. The number of hydrogen-bond donors (Lipinski definition) is 2. The Morgan fingerprint density at radius 3 is 2.48 bits per heavy atom. The van der Waals surface area contributed by atoms with Crippen LogP contribution in [0.2, 0.25) is 0 Å². The van der Waals surface area contributed by atoms with E-state index < -0.39 is 5.97 Å². The van der Waals surface area contributed by atoms with Gasteiger partial charge in [-0.05, 0) is 18.6 Å². The summed E-state index contributed by atoms with van der Waals surface area (Å²) in [7, 11) is 0. The standard InChI is InChI=1S/C21H25N3O4S/c1-3-28-21(27)17-13-18(16-7-5-4-6-8-16)29-20(17)22-19(26)14-23-9-11-24(12-10-23)15(2)25/h4-8,13H,3,9-12,14H2,1-2H3,(H,22,26)/p+1. The molecule has 2 N–H and O–H groups in total. The van der Waals surface area contributed by atoms with E-state index in [4.69, 9.17) is 4.74 Å². The third kappa shape index (κ3) is 5.42. The lowest BCUT2D eigenvalue weighted by Gasteiger charge is -2.31. The first-order valence-electron chi connectivity index (χ1n) is 9.73. The fourth-order valence-corrected chi connectivity index (χ4v) is 4.37. The fourth-order valence-electron chi connectivity index (χ4n) is 3.30. The third-order valence-corrected chi connectivity index (χ3v) is 5.96. The van der Waals surface area contributed by atoms with Crippen LogP contribution < -0.4 is 10.2 Å². The van der Waals surface area contributed by atoms with E-state index in [2.05, 4.69) is 5.32 Å². The Kier molecular flexibility index (Phi) is 7.00. The average Bonchev–Trinajstić information content (AvgIpc) is 3.13. The number of thiophene rings is 1. The second-order valence-corrected chi connectivity index (χ2v) is 7.97. The van der Waals surface area contributed by atoms with Crippen molar-refractivity contribution >= 4 is 34.1 Å². The summed E-state index contributed by atoms with van der Waals surface area (Å²) >= 11 is 1.37. The van der Waals surface area contributed by atoms with Gasteiger partial charge < -0.3 is 19.9 Å². The lowest BCUT2D eigenvalue weighted by molar-refractivity contribution is -0.895. The molecule has 1 aliphatic heterocycles. The zero-order valence-electron chi connectivity index (χ0n) is 16.7. The van der Waals surface area contributed by atoms with Gasteiger partial charge >= 0.3 is 5.97 Å². The molecule has 0 atom stereocenters. The molecule has 0 unspecified atom stereocenters. The summed E-state index contributed by atoms with van der Waals surface area (Å²) in [5, 5.41) is 3.41. The van der Waals surface area contributed by atoms with Crippen molar-refractivity contribution < 1.29 is 24.0 Å². The Morgan fingerprint density at radius 1 is 1.17 bits per heavy atom. The van der Waals surface area contributed by atoms with Crippen molar-refractivity contribution in [3.8, 4) is 10.4 Å². The molecule has 0 bridgehead atoms. The number of esters is 1. The van der Waals surface area contributed by atoms with Crippen molar-refractivity contribution in [1.82, 2.24) is 4.90 Å². The van der Waals surface area contributed by atoms with Crippen LogP contribution in [-0.2, 0) is 14.3 Å². The van der Waals surface area contributed by atoms with Gasteiger partial charge in [-0.25, -0.2) is 4.79 Å². The number of hydrogen-bond acceptors (Lipinski definition) is 5. The minimum atomic E-state index is -0.441. The number of amides is 2. The van der Waals surface area contributed by atoms with Crippen molar-refractivity contribution in [3.05, 3.63) is 42.0 Å². The number of carbonyl (C=O) groups excluding carboxylic acids is 3. The van der Waals surface area contributed by atoms with Crippen LogP contribution >= 0.6 is 11.3 Å². The highest BCUT2D eigenvalue weighted by Gasteiger charge is 2.25. The van der Waals surface area contributed by atoms with Gasteiger partial charge in [0.05, 0.1) is 38.3 Å². The summed E-state index contributed by atoms with van der Waals surface area (Å²) in [6.45, 7) is 6.67. The molecule has 1 aromatic carbocycles. The van der Waals surface area contributed by atoms with Gasteiger partial charge in [-0.2, -0.15) is 0 Å². The fraction of sp³-hybridized carbons (Fsp3) is 0.381. The van der Waals surface area contributed by atoms with Gasteiger partial charge in [-0.1, -0.05) is 30.3 Å². The van der Waals surface area contributed by atoms with E-state index in [0.29, 0.717) is 30.2 Å². The Balaban J connectivity index is 1.70. The van der Waals surface area contributed by atoms with Crippen LogP contribution in [0.15, 0.2) is 36.4 Å². The zero-order valence-corrected chi connectivity index (χ0v) is 17.5. The summed E-state index contributed by atoms with van der Waals surface area (Å²) < 4.78 is 5.16. The summed E-state index contributed by atoms with van der Waals surface area (Å²) in [5.74, 6) is -0.522. The molecule has 154 valence electrons. The summed E-state index contributed by atoms with van der Waals surface area (Å²) in [6, 6.07) is 11.5. The zero-order chi connectivity index (χ0) is 20.8. The van der Waals surface area contributed by atoms with Crippen LogP contribution in [0.5, 0.6) is 0 Å². The van der Waals surface area contributed by atoms with Gasteiger partial charge in [0.25, 0.3) is 5.91 Å². The number of carbonyl (C=O) groups is 3. The maximum atomic E-state index is 12.6. The molecule has 7 nitrogen and oxygen atoms in total. The van der Waals surface area contributed by atoms with Crippen LogP contribution in [0.25, 0.3) is 10.4 Å². The second-order valence-electron chi connectivity index (χ2n) is 6.92. The van der Waals surface area contributed by atoms with E-state index in [1.54, 1.807) is 24.8 Å². The SMILES string of the molecule is CCOC(=O)c1cc(-c2ccccc2)sc1NC(=O)C[NH+]1CCN(C(C)=O)CC1. The lowest BCUT2D eigenvalue weighted by atomic mass is 10.1. The molecule has 1 aliphatic rings. The summed E-state index contributed by atoms with van der Waals surface area (Å²) in [5.41, 5.74) is 1.36. The van der Waals surface area contributed by atoms with Crippen molar-refractivity contribution in [2.75, 3.05) is 44.6 Å². The summed E-state index contributed by atoms with van der Waals surface area (Å²) in [4.78, 5) is 40.2. The molecular weight excluding hydrogens is 390 g/mol. The van der Waals surface area contributed by atoms with E-state index in [1.165, 1.54) is 11.3 Å². The predicted octanol–water partition coefficient (Wildman–Crippen LogP) is 1.28. The quantitative estimate of drug-likeness (QED) is 0.696. The van der Waals surface area contributed by atoms with Gasteiger partial charge in [0, 0.05) is 11.8 Å². The highest BCUT2D eigenvalue weighted by atomic mass is 32.1. The van der Waals surface area contributed by atoms with Crippen LogP contribution in [0.4, 0.5) is 5.00 Å². The molecule has 0 spiro atoms. The second kappa shape index (κ2) is 9.67. The third-order valence-electron chi connectivity index (χ3n) is 4.87. The van der Waals surface area contributed by atoms with Gasteiger partial charge in [0.1, 0.15) is 5.00 Å². The Bertz CT molecular complexity index is 873. The monoisotopic (exact) mass is 416 g/mol. The number of piperazine rings is 1. The van der Waals surface area contributed by atoms with E-state index in [0.717, 1.165) is 28.4 Å². The predicted molar refractivity (Wildman–Crippen MR) is 112 cm³/mol. The normalized spacial score (nSPS) is 14.5. The molecular formula is C21H26N3O4S+. The van der Waals surface area contributed by atoms with E-state index >= 15 is 0 Å². The molecule has 2 amide bonds. The molecule has 1 saturated heterocycles. The molecule has 1 aromatic heterocycles. The van der Waals surface area contributed by atoms with Crippen molar-refractivity contribution in [1.29, 1.82) is 0 Å². The number of nitrogens with one attached hydrogen (secondary N) is 2. The van der Waals surface area contributed by atoms with E-state index in [-0.39, 0.29) is 18.4 Å². The maximum Gasteiger partial charge on any atom is 0.341 e. The lowest BCUT2D eigenvalue weighted by Crippen LogP contribution is -3.15. The molecule has 1 fully saturated rings. The smallest absolute Gasteiger partial charge is 0.341 e. The molecule has 0 aliphatic carbocycles. The molecule has 0 radical (unpaired) electrons.